The van der Waals surface area contributed by atoms with Crippen LogP contribution in [-0.2, 0) is 20.0 Å². The number of hydrogen-bond acceptors (Lipinski definition) is 3. The van der Waals surface area contributed by atoms with Crippen LogP contribution in [0.25, 0.3) is 0 Å². The molecular formula is C12H19N5. The van der Waals surface area contributed by atoms with Gasteiger partial charge in [0.2, 0.25) is 0 Å². The first-order valence-corrected chi connectivity index (χ1v) is 5.93. The molecule has 0 saturated heterocycles. The third-order valence-electron chi connectivity index (χ3n) is 2.87. The molecule has 0 radical (unpaired) electrons. The van der Waals surface area contributed by atoms with E-state index in [0.29, 0.717) is 0 Å². The predicted molar refractivity (Wildman–Crippen MR) is 66.5 cm³/mol. The number of hydrogen-bond donors (Lipinski definition) is 1. The highest BCUT2D eigenvalue weighted by atomic mass is 15.3. The molecular weight excluding hydrogens is 214 g/mol. The van der Waals surface area contributed by atoms with Crippen molar-refractivity contribution in [3.8, 4) is 0 Å². The number of aryl methyl sites for hydroxylation is 1. The standard InChI is InChI=1S/C12H19N5/c1-3-10(13)8-12-14-5-7-17(12)9-11-4-6-16(2)15-11/h4-7,10H,3,8-9,13H2,1-2H3. The highest BCUT2D eigenvalue weighted by Crippen LogP contribution is 2.06. The van der Waals surface area contributed by atoms with Crippen molar-refractivity contribution in [1.29, 1.82) is 0 Å². The van der Waals surface area contributed by atoms with Gasteiger partial charge in [0.05, 0.1) is 12.2 Å². The summed E-state index contributed by atoms with van der Waals surface area (Å²) in [6.07, 6.45) is 7.53. The zero-order valence-corrected chi connectivity index (χ0v) is 10.4. The number of nitrogens with two attached hydrogens (primary N) is 1. The molecule has 0 aliphatic rings. The second kappa shape index (κ2) is 5.14. The Morgan fingerprint density at radius 1 is 1.41 bits per heavy atom. The van der Waals surface area contributed by atoms with Crippen LogP contribution in [0.4, 0.5) is 0 Å². The maximum absolute atomic E-state index is 5.96. The van der Waals surface area contributed by atoms with E-state index in [1.54, 1.807) is 0 Å². The molecule has 5 heteroatoms. The second-order valence-electron chi connectivity index (χ2n) is 4.32. The van der Waals surface area contributed by atoms with Gasteiger partial charge in [-0.2, -0.15) is 5.10 Å². The predicted octanol–water partition coefficient (Wildman–Crippen LogP) is 0.945. The van der Waals surface area contributed by atoms with Crippen LogP contribution in [0.5, 0.6) is 0 Å². The van der Waals surface area contributed by atoms with Crippen molar-refractivity contribution < 1.29 is 0 Å². The number of rotatable bonds is 5. The van der Waals surface area contributed by atoms with Gasteiger partial charge in [-0.1, -0.05) is 6.92 Å². The molecule has 2 heterocycles. The second-order valence-corrected chi connectivity index (χ2v) is 4.32. The van der Waals surface area contributed by atoms with E-state index in [4.69, 9.17) is 5.73 Å². The lowest BCUT2D eigenvalue weighted by molar-refractivity contribution is 0.592. The minimum atomic E-state index is 0.180. The summed E-state index contributed by atoms with van der Waals surface area (Å²) < 4.78 is 3.92. The SMILES string of the molecule is CCC(N)Cc1nccn1Cc1ccn(C)n1. The van der Waals surface area contributed by atoms with Gasteiger partial charge in [-0.05, 0) is 12.5 Å². The van der Waals surface area contributed by atoms with Crippen LogP contribution in [0.3, 0.4) is 0 Å². The van der Waals surface area contributed by atoms with Crippen molar-refractivity contribution >= 4 is 0 Å². The molecule has 0 spiro atoms. The van der Waals surface area contributed by atoms with Gasteiger partial charge in [-0.25, -0.2) is 4.98 Å². The Labute approximate surface area is 101 Å². The molecule has 2 aromatic rings. The van der Waals surface area contributed by atoms with Gasteiger partial charge in [0.15, 0.2) is 0 Å². The molecule has 0 saturated carbocycles. The lowest BCUT2D eigenvalue weighted by Gasteiger charge is -2.10. The largest absolute Gasteiger partial charge is 0.329 e. The molecule has 0 fully saturated rings. The minimum absolute atomic E-state index is 0.180. The topological polar surface area (TPSA) is 61.7 Å². The smallest absolute Gasteiger partial charge is 0.110 e. The van der Waals surface area contributed by atoms with Crippen LogP contribution in [0, 0.1) is 0 Å². The van der Waals surface area contributed by atoms with Crippen molar-refractivity contribution in [2.24, 2.45) is 12.8 Å². The van der Waals surface area contributed by atoms with Crippen molar-refractivity contribution in [2.75, 3.05) is 0 Å². The molecule has 2 N–H and O–H groups in total. The van der Waals surface area contributed by atoms with E-state index < -0.39 is 0 Å². The van der Waals surface area contributed by atoms with Crippen LogP contribution >= 0.6 is 0 Å². The normalized spacial score (nSPS) is 12.9. The molecule has 2 rings (SSSR count). The van der Waals surface area contributed by atoms with E-state index in [1.165, 1.54) is 0 Å². The van der Waals surface area contributed by atoms with Crippen LogP contribution < -0.4 is 5.73 Å². The van der Waals surface area contributed by atoms with Gasteiger partial charge in [-0.15, -0.1) is 0 Å². The summed E-state index contributed by atoms with van der Waals surface area (Å²) in [6.45, 7) is 2.85. The quantitative estimate of drug-likeness (QED) is 0.836. The molecule has 17 heavy (non-hydrogen) atoms. The fraction of sp³-hybridized carbons (Fsp3) is 0.500. The molecule has 2 aromatic heterocycles. The molecule has 0 aliphatic heterocycles. The molecule has 92 valence electrons. The van der Waals surface area contributed by atoms with E-state index in [-0.39, 0.29) is 6.04 Å². The molecule has 0 bridgehead atoms. The van der Waals surface area contributed by atoms with Crippen LogP contribution in [0.2, 0.25) is 0 Å². The molecule has 0 amide bonds. The molecule has 0 aliphatic carbocycles. The monoisotopic (exact) mass is 233 g/mol. The van der Waals surface area contributed by atoms with E-state index >= 15 is 0 Å². The summed E-state index contributed by atoms with van der Waals surface area (Å²) in [4.78, 5) is 4.36. The summed E-state index contributed by atoms with van der Waals surface area (Å²) in [5.41, 5.74) is 7.00. The number of aromatic nitrogens is 4. The number of nitrogens with zero attached hydrogens (tertiary/aromatic N) is 4. The third kappa shape index (κ3) is 2.94. The van der Waals surface area contributed by atoms with E-state index in [1.807, 2.05) is 36.4 Å². The van der Waals surface area contributed by atoms with Gasteiger partial charge in [-0.3, -0.25) is 4.68 Å². The maximum atomic E-state index is 5.96. The summed E-state index contributed by atoms with van der Waals surface area (Å²) in [6, 6.07) is 2.20. The first-order chi connectivity index (χ1) is 8.19. The summed E-state index contributed by atoms with van der Waals surface area (Å²) >= 11 is 0. The Balaban J connectivity index is 2.08. The summed E-state index contributed by atoms with van der Waals surface area (Å²) in [7, 11) is 1.92. The summed E-state index contributed by atoms with van der Waals surface area (Å²) in [5.74, 6) is 1.03. The van der Waals surface area contributed by atoms with Crippen LogP contribution in [-0.4, -0.2) is 25.4 Å². The average Bonchev–Trinajstić information content (AvgIpc) is 2.89. The first kappa shape index (κ1) is 11.9. The Hall–Kier alpha value is -1.62. The van der Waals surface area contributed by atoms with Gasteiger partial charge >= 0.3 is 0 Å². The Morgan fingerprint density at radius 2 is 2.24 bits per heavy atom. The Bertz CT molecular complexity index is 471. The first-order valence-electron chi connectivity index (χ1n) is 5.93. The summed E-state index contributed by atoms with van der Waals surface area (Å²) in [5, 5.41) is 4.36. The van der Waals surface area contributed by atoms with E-state index in [2.05, 4.69) is 21.6 Å². The lowest BCUT2D eigenvalue weighted by Crippen LogP contribution is -2.23. The van der Waals surface area contributed by atoms with Gasteiger partial charge in [0, 0.05) is 38.1 Å². The van der Waals surface area contributed by atoms with Crippen molar-refractivity contribution in [3.63, 3.8) is 0 Å². The maximum Gasteiger partial charge on any atom is 0.110 e. The zero-order valence-electron chi connectivity index (χ0n) is 10.4. The van der Waals surface area contributed by atoms with E-state index in [0.717, 1.165) is 30.9 Å². The van der Waals surface area contributed by atoms with E-state index in [9.17, 15) is 0 Å². The van der Waals surface area contributed by atoms with Crippen LogP contribution in [0.1, 0.15) is 24.9 Å². The van der Waals surface area contributed by atoms with Crippen molar-refractivity contribution in [1.82, 2.24) is 19.3 Å². The lowest BCUT2D eigenvalue weighted by atomic mass is 10.1. The molecule has 1 unspecified atom stereocenters. The van der Waals surface area contributed by atoms with Crippen molar-refractivity contribution in [3.05, 3.63) is 36.2 Å². The molecule has 1 atom stereocenters. The van der Waals surface area contributed by atoms with Crippen LogP contribution in [0.15, 0.2) is 24.7 Å². The highest BCUT2D eigenvalue weighted by molar-refractivity contribution is 5.04. The third-order valence-corrected chi connectivity index (χ3v) is 2.87. The highest BCUT2D eigenvalue weighted by Gasteiger charge is 2.08. The van der Waals surface area contributed by atoms with Gasteiger partial charge < -0.3 is 10.3 Å². The Kier molecular flexibility index (Phi) is 3.58. The zero-order chi connectivity index (χ0) is 12.3. The fourth-order valence-corrected chi connectivity index (χ4v) is 1.77. The van der Waals surface area contributed by atoms with Gasteiger partial charge in [0.25, 0.3) is 0 Å². The number of imidazole rings is 1. The average molecular weight is 233 g/mol. The van der Waals surface area contributed by atoms with Crippen molar-refractivity contribution in [2.45, 2.75) is 32.4 Å². The fourth-order valence-electron chi connectivity index (χ4n) is 1.77. The van der Waals surface area contributed by atoms with Gasteiger partial charge in [0.1, 0.15) is 5.82 Å². The minimum Gasteiger partial charge on any atom is -0.329 e. The Morgan fingerprint density at radius 3 is 2.88 bits per heavy atom. The molecule has 5 nitrogen and oxygen atoms in total. The molecule has 0 aromatic carbocycles.